The Hall–Kier alpha value is -2.76. The van der Waals surface area contributed by atoms with Crippen LogP contribution in [0.25, 0.3) is 0 Å². The van der Waals surface area contributed by atoms with Crippen molar-refractivity contribution in [2.24, 2.45) is 0 Å². The number of anilines is 2. The van der Waals surface area contributed by atoms with E-state index in [0.29, 0.717) is 6.07 Å². The SMILES string of the molecule is CCc1ccccc1NC1CC(=O)N(c2ccc(F)cc2F)C1=O. The molecule has 2 aromatic rings. The summed E-state index contributed by atoms with van der Waals surface area (Å²) in [5, 5.41) is 3.06. The molecule has 0 bridgehead atoms. The maximum absolute atomic E-state index is 13.9. The van der Waals surface area contributed by atoms with Gasteiger partial charge in [-0.1, -0.05) is 25.1 Å². The molecule has 2 aromatic carbocycles. The molecule has 0 radical (unpaired) electrons. The van der Waals surface area contributed by atoms with Crippen molar-refractivity contribution in [1.82, 2.24) is 0 Å². The van der Waals surface area contributed by atoms with Crippen molar-refractivity contribution in [2.45, 2.75) is 25.8 Å². The third-order valence-corrected chi connectivity index (χ3v) is 4.03. The molecule has 0 aromatic heterocycles. The molecule has 124 valence electrons. The molecule has 0 saturated carbocycles. The minimum Gasteiger partial charge on any atom is -0.373 e. The van der Waals surface area contributed by atoms with Crippen LogP contribution >= 0.6 is 0 Å². The number of hydrogen-bond acceptors (Lipinski definition) is 3. The summed E-state index contributed by atoms with van der Waals surface area (Å²) in [4.78, 5) is 25.5. The lowest BCUT2D eigenvalue weighted by Gasteiger charge is -2.18. The molecule has 2 amide bonds. The zero-order valence-electron chi connectivity index (χ0n) is 13.1. The molecule has 4 nitrogen and oxygen atoms in total. The van der Waals surface area contributed by atoms with E-state index in [2.05, 4.69) is 5.32 Å². The number of rotatable bonds is 4. The number of para-hydroxylation sites is 1. The number of imide groups is 1. The molecule has 1 aliphatic heterocycles. The highest BCUT2D eigenvalue weighted by Gasteiger charge is 2.40. The van der Waals surface area contributed by atoms with Gasteiger partial charge in [0.2, 0.25) is 5.91 Å². The van der Waals surface area contributed by atoms with Crippen LogP contribution in [0.15, 0.2) is 42.5 Å². The largest absolute Gasteiger partial charge is 0.373 e. The van der Waals surface area contributed by atoms with E-state index in [1.165, 1.54) is 0 Å². The van der Waals surface area contributed by atoms with E-state index in [9.17, 15) is 18.4 Å². The van der Waals surface area contributed by atoms with Gasteiger partial charge in [0, 0.05) is 11.8 Å². The minimum absolute atomic E-state index is 0.0757. The van der Waals surface area contributed by atoms with Crippen molar-refractivity contribution in [1.29, 1.82) is 0 Å². The highest BCUT2D eigenvalue weighted by atomic mass is 19.1. The van der Waals surface area contributed by atoms with Crippen molar-refractivity contribution in [2.75, 3.05) is 10.2 Å². The summed E-state index contributed by atoms with van der Waals surface area (Å²) in [6.07, 6.45) is 0.696. The first-order chi connectivity index (χ1) is 11.5. The fourth-order valence-corrected chi connectivity index (χ4v) is 2.82. The monoisotopic (exact) mass is 330 g/mol. The van der Waals surface area contributed by atoms with Gasteiger partial charge in [0.15, 0.2) is 0 Å². The smallest absolute Gasteiger partial charge is 0.256 e. The second-order valence-corrected chi connectivity index (χ2v) is 5.57. The number of halogens is 2. The van der Waals surface area contributed by atoms with E-state index >= 15 is 0 Å². The summed E-state index contributed by atoms with van der Waals surface area (Å²) in [5.74, 6) is -2.76. The Kier molecular flexibility index (Phi) is 4.29. The lowest BCUT2D eigenvalue weighted by atomic mass is 10.1. The van der Waals surface area contributed by atoms with E-state index in [-0.39, 0.29) is 12.1 Å². The third-order valence-electron chi connectivity index (χ3n) is 4.03. The lowest BCUT2D eigenvalue weighted by Crippen LogP contribution is -2.35. The van der Waals surface area contributed by atoms with Crippen LogP contribution in [0.3, 0.4) is 0 Å². The topological polar surface area (TPSA) is 49.4 Å². The molecule has 1 N–H and O–H groups in total. The van der Waals surface area contributed by atoms with Gasteiger partial charge in [0.1, 0.15) is 17.7 Å². The van der Waals surface area contributed by atoms with E-state index < -0.39 is 29.5 Å². The van der Waals surface area contributed by atoms with Crippen LogP contribution in [0.4, 0.5) is 20.2 Å². The zero-order chi connectivity index (χ0) is 17.3. The molecule has 1 aliphatic rings. The second-order valence-electron chi connectivity index (χ2n) is 5.57. The highest BCUT2D eigenvalue weighted by Crippen LogP contribution is 2.28. The summed E-state index contributed by atoms with van der Waals surface area (Å²) in [5.41, 5.74) is 1.57. The van der Waals surface area contributed by atoms with Crippen molar-refractivity contribution in [3.8, 4) is 0 Å². The fraction of sp³-hybridized carbons (Fsp3) is 0.222. The van der Waals surface area contributed by atoms with Gasteiger partial charge in [0.05, 0.1) is 12.1 Å². The van der Waals surface area contributed by atoms with Gasteiger partial charge in [0.25, 0.3) is 5.91 Å². The number of hydrogen-bond donors (Lipinski definition) is 1. The molecule has 0 aliphatic carbocycles. The molecule has 1 atom stereocenters. The van der Waals surface area contributed by atoms with E-state index in [4.69, 9.17) is 0 Å². The van der Waals surface area contributed by atoms with Crippen LogP contribution < -0.4 is 10.2 Å². The van der Waals surface area contributed by atoms with E-state index in [1.54, 1.807) is 0 Å². The van der Waals surface area contributed by atoms with Crippen molar-refractivity contribution in [3.63, 3.8) is 0 Å². The quantitative estimate of drug-likeness (QED) is 0.876. The molecule has 1 fully saturated rings. The predicted octanol–water partition coefficient (Wildman–Crippen LogP) is 3.27. The Morgan fingerprint density at radius 2 is 1.92 bits per heavy atom. The van der Waals surface area contributed by atoms with Crippen LogP contribution in [0.5, 0.6) is 0 Å². The number of carbonyl (C=O) groups is 2. The Morgan fingerprint density at radius 3 is 2.62 bits per heavy atom. The summed E-state index contributed by atoms with van der Waals surface area (Å²) in [7, 11) is 0. The average molecular weight is 330 g/mol. The lowest BCUT2D eigenvalue weighted by molar-refractivity contribution is -0.121. The van der Waals surface area contributed by atoms with Crippen molar-refractivity contribution in [3.05, 3.63) is 59.7 Å². The first kappa shape index (κ1) is 16.1. The van der Waals surface area contributed by atoms with Crippen LogP contribution in [0.1, 0.15) is 18.9 Å². The van der Waals surface area contributed by atoms with Gasteiger partial charge in [-0.05, 0) is 30.2 Å². The summed E-state index contributed by atoms with van der Waals surface area (Å²) in [6, 6.07) is 9.50. The maximum Gasteiger partial charge on any atom is 0.256 e. The Balaban J connectivity index is 1.86. The number of aryl methyl sites for hydroxylation is 1. The van der Waals surface area contributed by atoms with Crippen LogP contribution in [0, 0.1) is 11.6 Å². The normalized spacial score (nSPS) is 17.5. The van der Waals surface area contributed by atoms with E-state index in [1.807, 2.05) is 31.2 Å². The van der Waals surface area contributed by atoms with Gasteiger partial charge in [-0.15, -0.1) is 0 Å². The molecule has 3 rings (SSSR count). The summed E-state index contributed by atoms with van der Waals surface area (Å²) >= 11 is 0. The summed E-state index contributed by atoms with van der Waals surface area (Å²) < 4.78 is 27.0. The molecular formula is C18H16F2N2O2. The van der Waals surface area contributed by atoms with Crippen LogP contribution in [0.2, 0.25) is 0 Å². The van der Waals surface area contributed by atoms with Crippen molar-refractivity contribution < 1.29 is 18.4 Å². The molecule has 0 spiro atoms. The average Bonchev–Trinajstić information content (AvgIpc) is 2.83. The molecular weight excluding hydrogens is 314 g/mol. The predicted molar refractivity (Wildman–Crippen MR) is 86.7 cm³/mol. The molecule has 1 saturated heterocycles. The number of carbonyl (C=O) groups excluding carboxylic acids is 2. The standard InChI is InChI=1S/C18H16F2N2O2/c1-2-11-5-3-4-6-14(11)21-15-10-17(23)22(18(15)24)16-8-7-12(19)9-13(16)20/h3-9,15,21H,2,10H2,1H3. The molecule has 1 unspecified atom stereocenters. The minimum atomic E-state index is -0.939. The third kappa shape index (κ3) is 2.87. The van der Waals surface area contributed by atoms with Crippen molar-refractivity contribution >= 4 is 23.2 Å². The molecule has 24 heavy (non-hydrogen) atoms. The Labute approximate surface area is 138 Å². The number of nitrogens with zero attached hydrogens (tertiary/aromatic N) is 1. The van der Waals surface area contributed by atoms with Gasteiger partial charge in [-0.25, -0.2) is 13.7 Å². The molecule has 1 heterocycles. The van der Waals surface area contributed by atoms with Gasteiger partial charge in [-0.2, -0.15) is 0 Å². The Morgan fingerprint density at radius 1 is 1.17 bits per heavy atom. The number of benzene rings is 2. The fourth-order valence-electron chi connectivity index (χ4n) is 2.82. The van der Waals surface area contributed by atoms with Gasteiger partial charge in [-0.3, -0.25) is 9.59 Å². The van der Waals surface area contributed by atoms with Gasteiger partial charge >= 0.3 is 0 Å². The first-order valence-corrected chi connectivity index (χ1v) is 7.67. The second kappa shape index (κ2) is 6.39. The summed E-state index contributed by atoms with van der Waals surface area (Å²) in [6.45, 7) is 1.99. The highest BCUT2D eigenvalue weighted by molar-refractivity contribution is 6.23. The first-order valence-electron chi connectivity index (χ1n) is 7.67. The number of nitrogens with one attached hydrogen (secondary N) is 1. The molecule has 6 heteroatoms. The number of amides is 2. The van der Waals surface area contributed by atoms with Gasteiger partial charge < -0.3 is 5.32 Å². The van der Waals surface area contributed by atoms with E-state index in [0.717, 1.165) is 34.7 Å². The van der Waals surface area contributed by atoms with Crippen LogP contribution in [-0.4, -0.2) is 17.9 Å². The van der Waals surface area contributed by atoms with Crippen LogP contribution in [-0.2, 0) is 16.0 Å². The Bertz CT molecular complexity index is 807. The zero-order valence-corrected chi connectivity index (χ0v) is 13.1. The maximum atomic E-state index is 13.9.